The molecular formula is C14H19N5. The highest BCUT2D eigenvalue weighted by atomic mass is 15.3. The SMILES string of the molecule is Cn1ncnc1CN1CCNC(c2ccccc2)C1. The van der Waals surface area contributed by atoms with E-state index in [9.17, 15) is 0 Å². The van der Waals surface area contributed by atoms with E-state index in [4.69, 9.17) is 0 Å². The first-order valence-corrected chi connectivity index (χ1v) is 6.66. The Hall–Kier alpha value is -1.72. The van der Waals surface area contributed by atoms with Crippen molar-refractivity contribution in [1.82, 2.24) is 25.0 Å². The quantitative estimate of drug-likeness (QED) is 0.889. The summed E-state index contributed by atoms with van der Waals surface area (Å²) in [5.41, 5.74) is 1.35. The summed E-state index contributed by atoms with van der Waals surface area (Å²) in [7, 11) is 1.94. The lowest BCUT2D eigenvalue weighted by Gasteiger charge is -2.33. The number of hydrogen-bond donors (Lipinski definition) is 1. The number of hydrogen-bond acceptors (Lipinski definition) is 4. The third-order valence-electron chi connectivity index (χ3n) is 3.63. The van der Waals surface area contributed by atoms with Crippen LogP contribution in [0.1, 0.15) is 17.4 Å². The molecule has 1 aromatic carbocycles. The molecule has 0 saturated carbocycles. The molecule has 5 nitrogen and oxygen atoms in total. The molecule has 1 unspecified atom stereocenters. The molecule has 2 aromatic rings. The molecule has 1 aliphatic heterocycles. The van der Waals surface area contributed by atoms with E-state index in [1.54, 1.807) is 6.33 Å². The van der Waals surface area contributed by atoms with Gasteiger partial charge in [-0.2, -0.15) is 5.10 Å². The number of rotatable bonds is 3. The van der Waals surface area contributed by atoms with Gasteiger partial charge in [0.2, 0.25) is 0 Å². The first-order chi connectivity index (χ1) is 9.33. The molecule has 1 aliphatic rings. The summed E-state index contributed by atoms with van der Waals surface area (Å²) < 4.78 is 1.85. The van der Waals surface area contributed by atoms with Crippen LogP contribution in [-0.2, 0) is 13.6 Å². The van der Waals surface area contributed by atoms with Crippen LogP contribution >= 0.6 is 0 Å². The zero-order chi connectivity index (χ0) is 13.1. The van der Waals surface area contributed by atoms with Gasteiger partial charge in [-0.3, -0.25) is 9.58 Å². The van der Waals surface area contributed by atoms with Crippen LogP contribution in [0.2, 0.25) is 0 Å². The van der Waals surface area contributed by atoms with Gasteiger partial charge in [0, 0.05) is 32.7 Å². The molecule has 1 N–H and O–H groups in total. The maximum Gasteiger partial charge on any atom is 0.140 e. The molecule has 0 aliphatic carbocycles. The van der Waals surface area contributed by atoms with Gasteiger partial charge in [-0.1, -0.05) is 30.3 Å². The van der Waals surface area contributed by atoms with Crippen LogP contribution in [0.4, 0.5) is 0 Å². The molecule has 0 spiro atoms. The molecule has 0 radical (unpaired) electrons. The standard InChI is InChI=1S/C14H19N5/c1-18-14(16-11-17-18)10-19-8-7-15-13(9-19)12-5-3-2-4-6-12/h2-6,11,13,15H,7-10H2,1H3. The van der Waals surface area contributed by atoms with Gasteiger partial charge in [0.25, 0.3) is 0 Å². The van der Waals surface area contributed by atoms with E-state index in [1.807, 2.05) is 11.7 Å². The zero-order valence-corrected chi connectivity index (χ0v) is 11.2. The molecule has 0 amide bonds. The summed E-state index contributed by atoms with van der Waals surface area (Å²) in [5.74, 6) is 1.02. The number of nitrogens with one attached hydrogen (secondary N) is 1. The third kappa shape index (κ3) is 2.83. The molecule has 2 heterocycles. The normalized spacial score (nSPS) is 20.6. The summed E-state index contributed by atoms with van der Waals surface area (Å²) >= 11 is 0. The molecule has 19 heavy (non-hydrogen) atoms. The van der Waals surface area contributed by atoms with Crippen molar-refractivity contribution in [2.24, 2.45) is 7.05 Å². The molecular weight excluding hydrogens is 238 g/mol. The van der Waals surface area contributed by atoms with Gasteiger partial charge in [-0.15, -0.1) is 0 Å². The number of aromatic nitrogens is 3. The summed E-state index contributed by atoms with van der Waals surface area (Å²) in [6.07, 6.45) is 1.62. The topological polar surface area (TPSA) is 46.0 Å². The minimum atomic E-state index is 0.406. The Labute approximate surface area is 113 Å². The first-order valence-electron chi connectivity index (χ1n) is 6.66. The largest absolute Gasteiger partial charge is 0.308 e. The van der Waals surface area contributed by atoms with Gasteiger partial charge in [0.1, 0.15) is 12.2 Å². The Balaban J connectivity index is 1.67. The Morgan fingerprint density at radius 3 is 2.89 bits per heavy atom. The fraction of sp³-hybridized carbons (Fsp3) is 0.429. The van der Waals surface area contributed by atoms with Crippen molar-refractivity contribution in [3.05, 3.63) is 48.0 Å². The second kappa shape index (κ2) is 5.50. The Morgan fingerprint density at radius 2 is 2.16 bits per heavy atom. The zero-order valence-electron chi connectivity index (χ0n) is 11.2. The van der Waals surface area contributed by atoms with Crippen LogP contribution in [0.3, 0.4) is 0 Å². The minimum absolute atomic E-state index is 0.406. The van der Waals surface area contributed by atoms with Crippen LogP contribution < -0.4 is 5.32 Å². The molecule has 1 fully saturated rings. The van der Waals surface area contributed by atoms with Crippen molar-refractivity contribution >= 4 is 0 Å². The lowest BCUT2D eigenvalue weighted by atomic mass is 10.0. The van der Waals surface area contributed by atoms with E-state index in [0.29, 0.717) is 6.04 Å². The van der Waals surface area contributed by atoms with Crippen LogP contribution in [-0.4, -0.2) is 39.3 Å². The lowest BCUT2D eigenvalue weighted by molar-refractivity contribution is 0.187. The molecule has 1 atom stereocenters. The summed E-state index contributed by atoms with van der Waals surface area (Å²) in [6, 6.07) is 11.0. The number of aryl methyl sites for hydroxylation is 1. The van der Waals surface area contributed by atoms with Crippen molar-refractivity contribution < 1.29 is 0 Å². The molecule has 3 rings (SSSR count). The fourth-order valence-electron chi connectivity index (χ4n) is 2.53. The Bertz CT molecular complexity index is 522. The summed E-state index contributed by atoms with van der Waals surface area (Å²) in [4.78, 5) is 6.73. The molecule has 1 saturated heterocycles. The fourth-order valence-corrected chi connectivity index (χ4v) is 2.53. The third-order valence-corrected chi connectivity index (χ3v) is 3.63. The Kier molecular flexibility index (Phi) is 3.57. The van der Waals surface area contributed by atoms with E-state index < -0.39 is 0 Å². The van der Waals surface area contributed by atoms with Crippen LogP contribution in [0.15, 0.2) is 36.7 Å². The highest BCUT2D eigenvalue weighted by molar-refractivity contribution is 5.19. The van der Waals surface area contributed by atoms with E-state index in [0.717, 1.165) is 32.0 Å². The highest BCUT2D eigenvalue weighted by Crippen LogP contribution is 2.17. The number of benzene rings is 1. The van der Waals surface area contributed by atoms with Gasteiger partial charge in [-0.05, 0) is 5.56 Å². The molecule has 0 bridgehead atoms. The second-order valence-corrected chi connectivity index (χ2v) is 4.95. The van der Waals surface area contributed by atoms with Crippen molar-refractivity contribution in [2.45, 2.75) is 12.6 Å². The predicted molar refractivity (Wildman–Crippen MR) is 73.5 cm³/mol. The second-order valence-electron chi connectivity index (χ2n) is 4.95. The average molecular weight is 257 g/mol. The van der Waals surface area contributed by atoms with Crippen molar-refractivity contribution in [1.29, 1.82) is 0 Å². The van der Waals surface area contributed by atoms with Gasteiger partial charge >= 0.3 is 0 Å². The highest BCUT2D eigenvalue weighted by Gasteiger charge is 2.21. The van der Waals surface area contributed by atoms with Gasteiger partial charge < -0.3 is 5.32 Å². The van der Waals surface area contributed by atoms with Gasteiger partial charge in [0.05, 0.1) is 6.54 Å². The van der Waals surface area contributed by atoms with E-state index >= 15 is 0 Å². The van der Waals surface area contributed by atoms with Gasteiger partial charge in [0.15, 0.2) is 0 Å². The van der Waals surface area contributed by atoms with E-state index in [-0.39, 0.29) is 0 Å². The maximum absolute atomic E-state index is 4.30. The number of piperazine rings is 1. The Morgan fingerprint density at radius 1 is 1.32 bits per heavy atom. The average Bonchev–Trinajstić information content (AvgIpc) is 2.86. The molecule has 100 valence electrons. The van der Waals surface area contributed by atoms with Crippen molar-refractivity contribution in [3.8, 4) is 0 Å². The van der Waals surface area contributed by atoms with Crippen LogP contribution in [0, 0.1) is 0 Å². The van der Waals surface area contributed by atoms with E-state index in [2.05, 4.69) is 50.6 Å². The smallest absolute Gasteiger partial charge is 0.140 e. The van der Waals surface area contributed by atoms with Crippen LogP contribution in [0.5, 0.6) is 0 Å². The van der Waals surface area contributed by atoms with Gasteiger partial charge in [-0.25, -0.2) is 4.98 Å². The lowest BCUT2D eigenvalue weighted by Crippen LogP contribution is -2.45. The van der Waals surface area contributed by atoms with E-state index in [1.165, 1.54) is 5.56 Å². The molecule has 5 heteroatoms. The number of nitrogens with zero attached hydrogens (tertiary/aromatic N) is 4. The summed E-state index contributed by atoms with van der Waals surface area (Å²) in [6.45, 7) is 3.94. The predicted octanol–water partition coefficient (Wildman–Crippen LogP) is 0.962. The van der Waals surface area contributed by atoms with Crippen LogP contribution in [0.25, 0.3) is 0 Å². The van der Waals surface area contributed by atoms with Crippen molar-refractivity contribution in [2.75, 3.05) is 19.6 Å². The summed E-state index contributed by atoms with van der Waals surface area (Å²) in [5, 5.41) is 7.70. The molecule has 1 aromatic heterocycles. The van der Waals surface area contributed by atoms with Crippen molar-refractivity contribution in [3.63, 3.8) is 0 Å². The monoisotopic (exact) mass is 257 g/mol. The first kappa shape index (κ1) is 12.3. The minimum Gasteiger partial charge on any atom is -0.308 e. The maximum atomic E-state index is 4.30.